The van der Waals surface area contributed by atoms with E-state index in [0.717, 1.165) is 5.69 Å². The highest BCUT2D eigenvalue weighted by Crippen LogP contribution is 2.29. The molecule has 9 heteroatoms. The second-order valence-electron chi connectivity index (χ2n) is 5.35. The van der Waals surface area contributed by atoms with Crippen LogP contribution in [0.3, 0.4) is 0 Å². The molecule has 2 aromatic rings. The van der Waals surface area contributed by atoms with Gasteiger partial charge in [-0.15, -0.1) is 0 Å². The van der Waals surface area contributed by atoms with E-state index in [1.165, 1.54) is 25.0 Å². The molecular formula is C17H19N3O5S. The van der Waals surface area contributed by atoms with E-state index in [9.17, 15) is 14.4 Å². The van der Waals surface area contributed by atoms with Crippen LogP contribution in [0.25, 0.3) is 0 Å². The summed E-state index contributed by atoms with van der Waals surface area (Å²) in [7, 11) is 0. The molecule has 1 amide bonds. The number of carbonyl (C=O) groups excluding carboxylic acids is 3. The number of rotatable bonds is 7. The largest absolute Gasteiger partial charge is 0.462 e. The number of hydrogen-bond acceptors (Lipinski definition) is 8. The predicted octanol–water partition coefficient (Wildman–Crippen LogP) is 2.80. The van der Waals surface area contributed by atoms with E-state index in [-0.39, 0.29) is 40.9 Å². The minimum atomic E-state index is -0.719. The smallest absolute Gasteiger partial charge is 0.344 e. The Kier molecular flexibility index (Phi) is 6.51. The fourth-order valence-corrected chi connectivity index (χ4v) is 2.99. The van der Waals surface area contributed by atoms with Gasteiger partial charge in [0, 0.05) is 5.69 Å². The van der Waals surface area contributed by atoms with Crippen molar-refractivity contribution < 1.29 is 23.5 Å². The number of anilines is 1. The number of nitrogens with one attached hydrogen (secondary N) is 1. The van der Waals surface area contributed by atoms with Gasteiger partial charge in [-0.05, 0) is 33.8 Å². The van der Waals surface area contributed by atoms with Crippen molar-refractivity contribution in [2.45, 2.75) is 32.7 Å². The molecule has 0 aliphatic rings. The van der Waals surface area contributed by atoms with Crippen molar-refractivity contribution in [3.63, 3.8) is 0 Å². The van der Waals surface area contributed by atoms with E-state index in [4.69, 9.17) is 9.15 Å². The Hall–Kier alpha value is -2.68. The summed E-state index contributed by atoms with van der Waals surface area (Å²) in [6.45, 7) is 6.48. The van der Waals surface area contributed by atoms with E-state index in [2.05, 4.69) is 15.3 Å². The van der Waals surface area contributed by atoms with Crippen LogP contribution in [0.1, 0.15) is 46.0 Å². The summed E-state index contributed by atoms with van der Waals surface area (Å²) in [5.41, 5.74) is 0.839. The quantitative estimate of drug-likeness (QED) is 0.339. The van der Waals surface area contributed by atoms with Gasteiger partial charge < -0.3 is 9.15 Å². The summed E-state index contributed by atoms with van der Waals surface area (Å²) in [4.78, 5) is 44.3. The Morgan fingerprint density at radius 3 is 2.58 bits per heavy atom. The molecule has 0 spiro atoms. The molecule has 0 aliphatic carbocycles. The van der Waals surface area contributed by atoms with Gasteiger partial charge in [0.2, 0.25) is 11.8 Å². The summed E-state index contributed by atoms with van der Waals surface area (Å²) >= 11 is 1.22. The number of ether oxygens (including phenoxy) is 1. The summed E-state index contributed by atoms with van der Waals surface area (Å²) in [6.07, 6.45) is 1.42. The number of nitrogens with zero attached hydrogens (tertiary/aromatic N) is 2. The predicted molar refractivity (Wildman–Crippen MR) is 95.5 cm³/mol. The molecule has 0 saturated heterocycles. The number of hydrogen-bond donors (Lipinski definition) is 1. The standard InChI is InChI=1S/C17H19N3O5S/c1-5-24-17(23)15-14(10(3)21)11(4)25-16(15)20-12(22)7-26-13-6-9(2)18-8-19-13/h6,8H,5,7H2,1-4H3,(H,20,22). The molecule has 2 rings (SSSR count). The van der Waals surface area contributed by atoms with Crippen molar-refractivity contribution in [1.29, 1.82) is 0 Å². The van der Waals surface area contributed by atoms with Crippen LogP contribution < -0.4 is 5.32 Å². The van der Waals surface area contributed by atoms with Gasteiger partial charge in [0.25, 0.3) is 0 Å². The topological polar surface area (TPSA) is 111 Å². The molecule has 8 nitrogen and oxygen atoms in total. The molecule has 26 heavy (non-hydrogen) atoms. The fourth-order valence-electron chi connectivity index (χ4n) is 2.27. The molecule has 0 radical (unpaired) electrons. The SMILES string of the molecule is CCOC(=O)c1c(NC(=O)CSc2cc(C)ncn2)oc(C)c1C(C)=O. The molecule has 138 valence electrons. The number of carbonyl (C=O) groups is 3. The lowest BCUT2D eigenvalue weighted by molar-refractivity contribution is -0.113. The molecule has 2 aromatic heterocycles. The van der Waals surface area contributed by atoms with Gasteiger partial charge in [0.05, 0.1) is 17.9 Å². The van der Waals surface area contributed by atoms with Gasteiger partial charge in [-0.25, -0.2) is 14.8 Å². The van der Waals surface area contributed by atoms with Crippen molar-refractivity contribution in [2.24, 2.45) is 0 Å². The van der Waals surface area contributed by atoms with Gasteiger partial charge in [-0.2, -0.15) is 0 Å². The van der Waals surface area contributed by atoms with E-state index >= 15 is 0 Å². The third-order valence-electron chi connectivity index (χ3n) is 3.30. The Balaban J connectivity index is 2.17. The maximum Gasteiger partial charge on any atom is 0.344 e. The molecule has 0 fully saturated rings. The fraction of sp³-hybridized carbons (Fsp3) is 0.353. The average molecular weight is 377 g/mol. The molecule has 0 atom stereocenters. The highest BCUT2D eigenvalue weighted by Gasteiger charge is 2.28. The molecule has 0 aliphatic heterocycles. The van der Waals surface area contributed by atoms with Crippen LogP contribution in [0.2, 0.25) is 0 Å². The molecule has 0 bridgehead atoms. The van der Waals surface area contributed by atoms with E-state index < -0.39 is 11.9 Å². The zero-order valence-corrected chi connectivity index (χ0v) is 15.7. The summed E-state index contributed by atoms with van der Waals surface area (Å²) < 4.78 is 10.4. The number of aryl methyl sites for hydroxylation is 2. The Morgan fingerprint density at radius 2 is 1.96 bits per heavy atom. The number of thioether (sulfide) groups is 1. The number of esters is 1. The van der Waals surface area contributed by atoms with Crippen LogP contribution in [-0.4, -0.2) is 40.0 Å². The van der Waals surface area contributed by atoms with Crippen LogP contribution in [0.4, 0.5) is 5.88 Å². The average Bonchev–Trinajstić information content (AvgIpc) is 2.89. The number of furan rings is 1. The number of amides is 1. The monoisotopic (exact) mass is 377 g/mol. The maximum absolute atomic E-state index is 12.2. The van der Waals surface area contributed by atoms with Crippen molar-refractivity contribution in [3.8, 4) is 0 Å². The second-order valence-corrected chi connectivity index (χ2v) is 6.34. The molecular weight excluding hydrogens is 358 g/mol. The minimum absolute atomic E-state index is 0.0495. The highest BCUT2D eigenvalue weighted by atomic mass is 32.2. The lowest BCUT2D eigenvalue weighted by atomic mass is 10.1. The van der Waals surface area contributed by atoms with E-state index in [1.54, 1.807) is 19.9 Å². The van der Waals surface area contributed by atoms with Crippen LogP contribution in [0, 0.1) is 13.8 Å². The van der Waals surface area contributed by atoms with Gasteiger partial charge in [-0.1, -0.05) is 11.8 Å². The first-order valence-electron chi connectivity index (χ1n) is 7.86. The van der Waals surface area contributed by atoms with Crippen LogP contribution in [-0.2, 0) is 9.53 Å². The minimum Gasteiger partial charge on any atom is -0.462 e. The van der Waals surface area contributed by atoms with Gasteiger partial charge in [-0.3, -0.25) is 14.9 Å². The van der Waals surface area contributed by atoms with Crippen LogP contribution >= 0.6 is 11.8 Å². The van der Waals surface area contributed by atoms with Crippen LogP contribution in [0.5, 0.6) is 0 Å². The van der Waals surface area contributed by atoms with Gasteiger partial charge >= 0.3 is 5.97 Å². The molecule has 0 aromatic carbocycles. The summed E-state index contributed by atoms with van der Waals surface area (Å²) in [5, 5.41) is 3.18. The van der Waals surface area contributed by atoms with E-state index in [0.29, 0.717) is 5.03 Å². The van der Waals surface area contributed by atoms with Gasteiger partial charge in [0.1, 0.15) is 22.7 Å². The summed E-state index contributed by atoms with van der Waals surface area (Å²) in [6, 6.07) is 1.76. The highest BCUT2D eigenvalue weighted by molar-refractivity contribution is 7.99. The van der Waals surface area contributed by atoms with Crippen molar-refractivity contribution in [2.75, 3.05) is 17.7 Å². The Labute approximate surface area is 154 Å². The zero-order valence-electron chi connectivity index (χ0n) is 14.9. The zero-order chi connectivity index (χ0) is 19.3. The van der Waals surface area contributed by atoms with E-state index in [1.807, 2.05) is 6.92 Å². The number of Topliss-reactive ketones (excluding diaryl/α,β-unsaturated/α-hetero) is 1. The summed E-state index contributed by atoms with van der Waals surface area (Å²) in [5.74, 6) is -1.26. The first-order valence-corrected chi connectivity index (χ1v) is 8.84. The Morgan fingerprint density at radius 1 is 1.23 bits per heavy atom. The Bertz CT molecular complexity index is 847. The lowest BCUT2D eigenvalue weighted by Crippen LogP contribution is -2.17. The molecule has 0 saturated carbocycles. The molecule has 2 heterocycles. The first-order chi connectivity index (χ1) is 12.3. The van der Waals surface area contributed by atoms with Crippen molar-refractivity contribution in [1.82, 2.24) is 9.97 Å². The molecule has 1 N–H and O–H groups in total. The maximum atomic E-state index is 12.2. The van der Waals surface area contributed by atoms with Crippen LogP contribution in [0.15, 0.2) is 21.8 Å². The lowest BCUT2D eigenvalue weighted by Gasteiger charge is -2.06. The van der Waals surface area contributed by atoms with Crippen molar-refractivity contribution >= 4 is 35.3 Å². The third kappa shape index (κ3) is 4.69. The van der Waals surface area contributed by atoms with Crippen molar-refractivity contribution in [3.05, 3.63) is 35.0 Å². The van der Waals surface area contributed by atoms with Gasteiger partial charge in [0.15, 0.2) is 5.78 Å². The third-order valence-corrected chi connectivity index (χ3v) is 4.22. The second kappa shape index (κ2) is 8.61. The number of aromatic nitrogens is 2. The normalized spacial score (nSPS) is 10.5. The first kappa shape index (κ1) is 19.6. The molecule has 0 unspecified atom stereocenters. The number of ketones is 1.